The minimum atomic E-state index is -1.29. The molecule has 0 fully saturated rings. The van der Waals surface area contributed by atoms with Crippen LogP contribution in [0, 0.1) is 5.82 Å². The number of nitrogens with zero attached hydrogens (tertiary/aromatic N) is 1. The Labute approximate surface area is 120 Å². The van der Waals surface area contributed by atoms with Gasteiger partial charge in [-0.15, -0.1) is 6.58 Å². The van der Waals surface area contributed by atoms with Gasteiger partial charge in [0, 0.05) is 5.56 Å². The molecule has 0 aliphatic rings. The third kappa shape index (κ3) is 4.67. The molecule has 1 aromatic heterocycles. The van der Waals surface area contributed by atoms with E-state index in [-0.39, 0.29) is 11.2 Å². The Morgan fingerprint density at radius 1 is 1.63 bits per heavy atom. The predicted octanol–water partition coefficient (Wildman–Crippen LogP) is 3.54. The standard InChI is InChI=1S/C13H18ClFN2OS/c1-5-6-11(17-19(18)13(2,3)4)10-7-9(15)8-16-12(10)14/h5,7-8,11,17H,1,6H2,2-4H3/t11-,19-/m1/s1. The number of hydrogen-bond donors (Lipinski definition) is 1. The lowest BCUT2D eigenvalue weighted by molar-refractivity contribution is 0.587. The summed E-state index contributed by atoms with van der Waals surface area (Å²) < 4.78 is 27.9. The molecule has 1 aromatic rings. The quantitative estimate of drug-likeness (QED) is 0.668. The molecular formula is C13H18ClFN2OS. The van der Waals surface area contributed by atoms with Gasteiger partial charge in [-0.3, -0.25) is 0 Å². The first kappa shape index (κ1) is 16.3. The van der Waals surface area contributed by atoms with Gasteiger partial charge < -0.3 is 0 Å². The van der Waals surface area contributed by atoms with E-state index in [1.165, 1.54) is 6.07 Å². The van der Waals surface area contributed by atoms with Gasteiger partial charge in [0.1, 0.15) is 11.0 Å². The Morgan fingerprint density at radius 2 is 2.26 bits per heavy atom. The van der Waals surface area contributed by atoms with Crippen LogP contribution in [-0.4, -0.2) is 13.9 Å². The second-order valence-corrected chi connectivity index (χ2v) is 7.47. The van der Waals surface area contributed by atoms with Crippen molar-refractivity contribution in [3.05, 3.63) is 41.5 Å². The largest absolute Gasteiger partial charge is 0.242 e. The lowest BCUT2D eigenvalue weighted by atomic mass is 10.1. The zero-order chi connectivity index (χ0) is 14.6. The lowest BCUT2D eigenvalue weighted by Crippen LogP contribution is -2.35. The summed E-state index contributed by atoms with van der Waals surface area (Å²) in [6.45, 7) is 9.21. The van der Waals surface area contributed by atoms with Crippen molar-refractivity contribution in [3.63, 3.8) is 0 Å². The molecule has 0 aliphatic heterocycles. The van der Waals surface area contributed by atoms with Crippen LogP contribution in [0.25, 0.3) is 0 Å². The van der Waals surface area contributed by atoms with Gasteiger partial charge in [0.15, 0.2) is 0 Å². The van der Waals surface area contributed by atoms with Gasteiger partial charge in [-0.05, 0) is 33.3 Å². The highest BCUT2D eigenvalue weighted by Gasteiger charge is 2.24. The number of hydrogen-bond acceptors (Lipinski definition) is 2. The first-order valence-electron chi connectivity index (χ1n) is 5.85. The fourth-order valence-corrected chi connectivity index (χ4v) is 2.46. The minimum absolute atomic E-state index is 0.201. The number of aromatic nitrogens is 1. The van der Waals surface area contributed by atoms with E-state index in [1.807, 2.05) is 20.8 Å². The van der Waals surface area contributed by atoms with Crippen LogP contribution >= 0.6 is 11.6 Å². The molecular weight excluding hydrogens is 287 g/mol. The molecule has 0 amide bonds. The van der Waals surface area contributed by atoms with Crippen LogP contribution in [0.3, 0.4) is 0 Å². The number of halogens is 2. The molecule has 0 aromatic carbocycles. The summed E-state index contributed by atoms with van der Waals surface area (Å²) in [6.07, 6.45) is 3.20. The van der Waals surface area contributed by atoms with Crippen LogP contribution in [0.5, 0.6) is 0 Å². The summed E-state index contributed by atoms with van der Waals surface area (Å²) >= 11 is 5.97. The number of nitrogens with one attached hydrogen (secondary N) is 1. The van der Waals surface area contributed by atoms with E-state index < -0.39 is 21.5 Å². The van der Waals surface area contributed by atoms with Crippen molar-refractivity contribution in [2.24, 2.45) is 0 Å². The zero-order valence-corrected chi connectivity index (χ0v) is 12.8. The van der Waals surface area contributed by atoms with Crippen LogP contribution in [-0.2, 0) is 11.0 Å². The molecule has 0 radical (unpaired) electrons. The third-order valence-corrected chi connectivity index (χ3v) is 4.34. The average molecular weight is 305 g/mol. The minimum Gasteiger partial charge on any atom is -0.242 e. The molecule has 1 heterocycles. The maximum absolute atomic E-state index is 13.3. The molecule has 19 heavy (non-hydrogen) atoms. The Hall–Kier alpha value is -0.780. The van der Waals surface area contributed by atoms with E-state index in [0.29, 0.717) is 12.0 Å². The topological polar surface area (TPSA) is 42.0 Å². The van der Waals surface area contributed by atoms with E-state index in [1.54, 1.807) is 6.08 Å². The molecule has 1 rings (SSSR count). The molecule has 0 bridgehead atoms. The molecule has 0 spiro atoms. The Kier molecular flexibility index (Phi) is 5.64. The summed E-state index contributed by atoms with van der Waals surface area (Å²) in [6, 6.07) is 0.921. The normalized spacial score (nSPS) is 15.0. The molecule has 0 aliphatic carbocycles. The van der Waals surface area contributed by atoms with Crippen LogP contribution in [0.15, 0.2) is 24.9 Å². The summed E-state index contributed by atoms with van der Waals surface area (Å²) in [7, 11) is -1.29. The Balaban J connectivity index is 3.04. The average Bonchev–Trinajstić information content (AvgIpc) is 2.30. The fraction of sp³-hybridized carbons (Fsp3) is 0.462. The molecule has 0 saturated heterocycles. The van der Waals surface area contributed by atoms with Gasteiger partial charge in [-0.1, -0.05) is 17.7 Å². The van der Waals surface area contributed by atoms with Gasteiger partial charge in [0.2, 0.25) is 0 Å². The predicted molar refractivity (Wildman–Crippen MR) is 77.8 cm³/mol. The highest BCUT2D eigenvalue weighted by Crippen LogP contribution is 2.26. The summed E-state index contributed by atoms with van der Waals surface area (Å²) in [5.41, 5.74) is 0.485. The highest BCUT2D eigenvalue weighted by molar-refractivity contribution is 7.84. The van der Waals surface area contributed by atoms with Gasteiger partial charge in [0.25, 0.3) is 0 Å². The maximum atomic E-state index is 13.3. The van der Waals surface area contributed by atoms with Gasteiger partial charge >= 0.3 is 0 Å². The maximum Gasteiger partial charge on any atom is 0.141 e. The van der Waals surface area contributed by atoms with E-state index in [2.05, 4.69) is 16.3 Å². The molecule has 6 heteroatoms. The van der Waals surface area contributed by atoms with E-state index >= 15 is 0 Å². The lowest BCUT2D eigenvalue weighted by Gasteiger charge is -2.24. The Bertz CT molecular complexity index is 488. The van der Waals surface area contributed by atoms with Crippen molar-refractivity contribution in [1.29, 1.82) is 0 Å². The van der Waals surface area contributed by atoms with Crippen LogP contribution in [0.4, 0.5) is 4.39 Å². The third-order valence-electron chi connectivity index (χ3n) is 2.42. The molecule has 3 nitrogen and oxygen atoms in total. The monoisotopic (exact) mass is 304 g/mol. The van der Waals surface area contributed by atoms with Crippen molar-refractivity contribution < 1.29 is 8.60 Å². The fourth-order valence-electron chi connectivity index (χ4n) is 1.39. The van der Waals surface area contributed by atoms with E-state index in [9.17, 15) is 8.60 Å². The molecule has 106 valence electrons. The SMILES string of the molecule is C=CC[C@@H](N[S@](=O)C(C)(C)C)c1cc(F)cnc1Cl. The highest BCUT2D eigenvalue weighted by atomic mass is 35.5. The first-order chi connectivity index (χ1) is 8.75. The summed E-state index contributed by atoms with van der Waals surface area (Å²) in [5, 5.41) is 0.201. The van der Waals surface area contributed by atoms with Gasteiger partial charge in [-0.25, -0.2) is 18.3 Å². The van der Waals surface area contributed by atoms with Gasteiger partial charge in [0.05, 0.1) is 28.0 Å². The van der Waals surface area contributed by atoms with Crippen molar-refractivity contribution in [2.45, 2.75) is 38.0 Å². The smallest absolute Gasteiger partial charge is 0.141 e. The van der Waals surface area contributed by atoms with Crippen molar-refractivity contribution in [2.75, 3.05) is 0 Å². The first-order valence-corrected chi connectivity index (χ1v) is 7.38. The van der Waals surface area contributed by atoms with Crippen molar-refractivity contribution in [3.8, 4) is 0 Å². The number of pyridine rings is 1. The molecule has 0 saturated carbocycles. The Morgan fingerprint density at radius 3 is 2.79 bits per heavy atom. The van der Waals surface area contributed by atoms with Crippen LogP contribution in [0.2, 0.25) is 5.15 Å². The van der Waals surface area contributed by atoms with Crippen LogP contribution in [0.1, 0.15) is 38.8 Å². The summed E-state index contributed by atoms with van der Waals surface area (Å²) in [5.74, 6) is -0.475. The van der Waals surface area contributed by atoms with E-state index in [4.69, 9.17) is 11.6 Å². The van der Waals surface area contributed by atoms with Crippen LogP contribution < -0.4 is 4.72 Å². The van der Waals surface area contributed by atoms with Crippen molar-refractivity contribution >= 4 is 22.6 Å². The van der Waals surface area contributed by atoms with E-state index in [0.717, 1.165) is 6.20 Å². The molecule has 1 N–H and O–H groups in total. The second-order valence-electron chi connectivity index (χ2n) is 5.11. The molecule has 2 atom stereocenters. The van der Waals surface area contributed by atoms with Crippen molar-refractivity contribution in [1.82, 2.24) is 9.71 Å². The number of rotatable bonds is 5. The zero-order valence-electron chi connectivity index (χ0n) is 11.2. The summed E-state index contributed by atoms with van der Waals surface area (Å²) in [4.78, 5) is 3.77. The second kappa shape index (κ2) is 6.59. The molecule has 0 unspecified atom stereocenters. The van der Waals surface area contributed by atoms with Gasteiger partial charge in [-0.2, -0.15) is 0 Å².